The number of hydrogen-bond donors (Lipinski definition) is 1. The molecule has 0 aliphatic carbocycles. The second kappa shape index (κ2) is 6.91. The first-order valence-corrected chi connectivity index (χ1v) is 7.47. The van der Waals surface area contributed by atoms with E-state index in [-0.39, 0.29) is 12.5 Å². The van der Waals surface area contributed by atoms with E-state index in [1.165, 1.54) is 5.69 Å². The molecule has 1 unspecified atom stereocenters. The fourth-order valence-corrected chi connectivity index (χ4v) is 2.53. The summed E-state index contributed by atoms with van der Waals surface area (Å²) in [7, 11) is 0. The Labute approximate surface area is 125 Å². The van der Waals surface area contributed by atoms with Crippen LogP contribution in [0.4, 0.5) is 0 Å². The Morgan fingerprint density at radius 2 is 1.95 bits per heavy atom. The summed E-state index contributed by atoms with van der Waals surface area (Å²) in [5.41, 5.74) is 3.40. The van der Waals surface area contributed by atoms with Crippen molar-refractivity contribution in [1.82, 2.24) is 9.78 Å². The van der Waals surface area contributed by atoms with Gasteiger partial charge >= 0.3 is 0 Å². The second-order valence-corrected chi connectivity index (χ2v) is 5.37. The van der Waals surface area contributed by atoms with Gasteiger partial charge in [-0.2, -0.15) is 5.10 Å². The number of aromatic nitrogens is 2. The number of aliphatic hydroxyl groups is 1. The van der Waals surface area contributed by atoms with Crippen LogP contribution in [0.1, 0.15) is 36.7 Å². The predicted molar refractivity (Wildman–Crippen MR) is 82.3 cm³/mol. The molecule has 3 nitrogen and oxygen atoms in total. The highest BCUT2D eigenvalue weighted by Gasteiger charge is 2.15. The van der Waals surface area contributed by atoms with Gasteiger partial charge in [0.05, 0.1) is 12.3 Å². The van der Waals surface area contributed by atoms with E-state index in [0.717, 1.165) is 35.7 Å². The lowest BCUT2D eigenvalue weighted by Gasteiger charge is -2.15. The molecule has 0 radical (unpaired) electrons. The normalized spacial score (nSPS) is 12.6. The minimum absolute atomic E-state index is 0.0824. The molecule has 0 amide bonds. The van der Waals surface area contributed by atoms with E-state index in [4.69, 9.17) is 11.6 Å². The Balaban J connectivity index is 2.21. The van der Waals surface area contributed by atoms with Crippen LogP contribution in [0.3, 0.4) is 0 Å². The van der Waals surface area contributed by atoms with Crippen LogP contribution in [0.5, 0.6) is 0 Å². The molecule has 4 heteroatoms. The van der Waals surface area contributed by atoms with Crippen LogP contribution >= 0.6 is 11.6 Å². The summed E-state index contributed by atoms with van der Waals surface area (Å²) in [4.78, 5) is 0. The number of halogens is 1. The van der Waals surface area contributed by atoms with Gasteiger partial charge in [0, 0.05) is 23.2 Å². The molecule has 1 heterocycles. The molecule has 2 aromatic rings. The van der Waals surface area contributed by atoms with E-state index in [1.807, 2.05) is 28.9 Å². The first-order chi connectivity index (χ1) is 9.67. The van der Waals surface area contributed by atoms with Gasteiger partial charge in [-0.05, 0) is 43.5 Å². The average Bonchev–Trinajstić information content (AvgIpc) is 2.88. The number of rotatable bonds is 6. The molecule has 1 atom stereocenters. The first kappa shape index (κ1) is 15.1. The summed E-state index contributed by atoms with van der Waals surface area (Å²) in [5, 5.41) is 15.0. The third-order valence-electron chi connectivity index (χ3n) is 3.59. The molecule has 0 saturated heterocycles. The van der Waals surface area contributed by atoms with E-state index in [0.29, 0.717) is 0 Å². The molecule has 0 aliphatic heterocycles. The number of nitrogens with zero attached hydrogens (tertiary/aromatic N) is 2. The van der Waals surface area contributed by atoms with Crippen molar-refractivity contribution in [1.29, 1.82) is 0 Å². The van der Waals surface area contributed by atoms with Crippen molar-refractivity contribution in [2.45, 2.75) is 39.2 Å². The highest BCUT2D eigenvalue weighted by molar-refractivity contribution is 6.30. The summed E-state index contributed by atoms with van der Waals surface area (Å²) in [6, 6.07) is 9.84. The fraction of sp³-hybridized carbons (Fsp3) is 0.438. The molecule has 1 aromatic heterocycles. The third kappa shape index (κ3) is 3.41. The third-order valence-corrected chi connectivity index (χ3v) is 3.84. The minimum atomic E-state index is 0.0824. The van der Waals surface area contributed by atoms with Crippen molar-refractivity contribution in [3.8, 4) is 0 Å². The van der Waals surface area contributed by atoms with E-state index >= 15 is 0 Å². The van der Waals surface area contributed by atoms with Gasteiger partial charge in [-0.25, -0.2) is 0 Å². The summed E-state index contributed by atoms with van der Waals surface area (Å²) in [5.74, 6) is 0.0824. The number of benzene rings is 1. The molecule has 0 saturated carbocycles. The van der Waals surface area contributed by atoms with Gasteiger partial charge in [0.2, 0.25) is 0 Å². The van der Waals surface area contributed by atoms with E-state index in [1.54, 1.807) is 0 Å². The molecular weight excluding hydrogens is 272 g/mol. The van der Waals surface area contributed by atoms with Crippen LogP contribution in [0.25, 0.3) is 0 Å². The maximum Gasteiger partial charge on any atom is 0.0624 e. The van der Waals surface area contributed by atoms with Crippen molar-refractivity contribution in [3.63, 3.8) is 0 Å². The quantitative estimate of drug-likeness (QED) is 0.886. The standard InChI is InChI=1S/C16H21ClN2O/c1-3-15-10-16(19(4-2)18-15)9-13(11-20)12-5-7-14(17)8-6-12/h5-8,10,13,20H,3-4,9,11H2,1-2H3. The van der Waals surface area contributed by atoms with Crippen molar-refractivity contribution in [2.75, 3.05) is 6.61 Å². The topological polar surface area (TPSA) is 38.0 Å². The van der Waals surface area contributed by atoms with Gasteiger partial charge in [0.25, 0.3) is 0 Å². The Morgan fingerprint density at radius 3 is 2.50 bits per heavy atom. The maximum atomic E-state index is 9.68. The number of aryl methyl sites for hydroxylation is 2. The van der Waals surface area contributed by atoms with Crippen LogP contribution in [-0.4, -0.2) is 21.5 Å². The van der Waals surface area contributed by atoms with Gasteiger partial charge in [-0.1, -0.05) is 30.7 Å². The zero-order valence-corrected chi connectivity index (χ0v) is 12.8. The van der Waals surface area contributed by atoms with E-state index in [9.17, 15) is 5.11 Å². The van der Waals surface area contributed by atoms with Crippen LogP contribution in [0, 0.1) is 0 Å². The van der Waals surface area contributed by atoms with E-state index in [2.05, 4.69) is 25.0 Å². The van der Waals surface area contributed by atoms with Crippen molar-refractivity contribution >= 4 is 11.6 Å². The number of hydrogen-bond acceptors (Lipinski definition) is 2. The Bertz CT molecular complexity index is 548. The smallest absolute Gasteiger partial charge is 0.0624 e. The molecule has 0 spiro atoms. The van der Waals surface area contributed by atoms with Crippen molar-refractivity contribution in [3.05, 3.63) is 52.3 Å². The fourth-order valence-electron chi connectivity index (χ4n) is 2.40. The Morgan fingerprint density at radius 1 is 1.25 bits per heavy atom. The highest BCUT2D eigenvalue weighted by atomic mass is 35.5. The van der Waals surface area contributed by atoms with Gasteiger partial charge in [-0.3, -0.25) is 4.68 Å². The average molecular weight is 293 g/mol. The van der Waals surface area contributed by atoms with Gasteiger partial charge < -0.3 is 5.11 Å². The molecule has 0 aliphatic rings. The molecular formula is C16H21ClN2O. The molecule has 1 aromatic carbocycles. The summed E-state index contributed by atoms with van der Waals surface area (Å²) in [6.45, 7) is 5.17. The zero-order chi connectivity index (χ0) is 14.5. The van der Waals surface area contributed by atoms with E-state index < -0.39 is 0 Å². The molecule has 0 fully saturated rings. The molecule has 108 valence electrons. The summed E-state index contributed by atoms with van der Waals surface area (Å²) < 4.78 is 2.03. The molecule has 0 bridgehead atoms. The summed E-state index contributed by atoms with van der Waals surface area (Å²) in [6.07, 6.45) is 1.73. The number of aliphatic hydroxyl groups excluding tert-OH is 1. The van der Waals surface area contributed by atoms with Crippen LogP contribution < -0.4 is 0 Å². The van der Waals surface area contributed by atoms with Gasteiger partial charge in [0.1, 0.15) is 0 Å². The highest BCUT2D eigenvalue weighted by Crippen LogP contribution is 2.23. The predicted octanol–water partition coefficient (Wildman–Crippen LogP) is 3.44. The van der Waals surface area contributed by atoms with Crippen molar-refractivity contribution in [2.24, 2.45) is 0 Å². The van der Waals surface area contributed by atoms with Crippen molar-refractivity contribution < 1.29 is 5.11 Å². The molecule has 2 rings (SSSR count). The largest absolute Gasteiger partial charge is 0.396 e. The van der Waals surface area contributed by atoms with Crippen LogP contribution in [-0.2, 0) is 19.4 Å². The monoisotopic (exact) mass is 292 g/mol. The minimum Gasteiger partial charge on any atom is -0.396 e. The molecule has 1 N–H and O–H groups in total. The Kier molecular flexibility index (Phi) is 5.21. The lowest BCUT2D eigenvalue weighted by Crippen LogP contribution is -2.12. The lowest BCUT2D eigenvalue weighted by atomic mass is 9.95. The van der Waals surface area contributed by atoms with Gasteiger partial charge in [0.15, 0.2) is 0 Å². The zero-order valence-electron chi connectivity index (χ0n) is 12.0. The van der Waals surface area contributed by atoms with Crippen LogP contribution in [0.2, 0.25) is 5.02 Å². The van der Waals surface area contributed by atoms with Gasteiger partial charge in [-0.15, -0.1) is 0 Å². The summed E-state index contributed by atoms with van der Waals surface area (Å²) >= 11 is 5.91. The van der Waals surface area contributed by atoms with Crippen LogP contribution in [0.15, 0.2) is 30.3 Å². The Hall–Kier alpha value is -1.32. The maximum absolute atomic E-state index is 9.68. The molecule has 20 heavy (non-hydrogen) atoms. The SMILES string of the molecule is CCc1cc(CC(CO)c2ccc(Cl)cc2)n(CC)n1. The first-order valence-electron chi connectivity index (χ1n) is 7.09. The second-order valence-electron chi connectivity index (χ2n) is 4.93. The lowest BCUT2D eigenvalue weighted by molar-refractivity contribution is 0.262.